The number of amides is 1. The number of carbonyl (C=O) groups is 1. The van der Waals surface area contributed by atoms with Crippen molar-refractivity contribution in [2.24, 2.45) is 5.92 Å². The van der Waals surface area contributed by atoms with Crippen LogP contribution in [-0.2, 0) is 14.6 Å². The lowest BCUT2D eigenvalue weighted by Gasteiger charge is -2.11. The zero-order valence-corrected chi connectivity index (χ0v) is 13.3. The normalized spacial score (nSPS) is 20.2. The molecule has 0 saturated carbocycles. The number of halogens is 1. The summed E-state index contributed by atoms with van der Waals surface area (Å²) in [6.45, 7) is 2.13. The van der Waals surface area contributed by atoms with Crippen molar-refractivity contribution in [2.45, 2.75) is 13.3 Å². The second-order valence-corrected chi connectivity index (χ2v) is 7.94. The third-order valence-corrected chi connectivity index (χ3v) is 5.48. The lowest BCUT2D eigenvalue weighted by atomic mass is 10.1. The fourth-order valence-electron chi connectivity index (χ4n) is 2.26. The number of hydrogen-bond donors (Lipinski definition) is 1. The average Bonchev–Trinajstić information content (AvgIpc) is 2.75. The van der Waals surface area contributed by atoms with Crippen molar-refractivity contribution in [2.75, 3.05) is 24.7 Å². The van der Waals surface area contributed by atoms with Crippen molar-refractivity contribution in [1.29, 1.82) is 0 Å². The Labute approximate surface area is 129 Å². The summed E-state index contributed by atoms with van der Waals surface area (Å²) in [5.74, 6) is 0.737. The Hall–Kier alpha value is -1.27. The first-order valence-electron chi connectivity index (χ1n) is 6.72. The first-order chi connectivity index (χ1) is 9.85. The number of nitrogens with one attached hydrogen (secondary N) is 1. The van der Waals surface area contributed by atoms with Gasteiger partial charge >= 0.3 is 0 Å². The minimum atomic E-state index is -2.90. The van der Waals surface area contributed by atoms with E-state index in [4.69, 9.17) is 16.3 Å². The lowest BCUT2D eigenvalue weighted by Crippen LogP contribution is -2.33. The van der Waals surface area contributed by atoms with Gasteiger partial charge < -0.3 is 10.1 Å². The Morgan fingerprint density at radius 3 is 2.86 bits per heavy atom. The summed E-state index contributed by atoms with van der Waals surface area (Å²) in [6.07, 6.45) is 0.611. The Kier molecular flexibility index (Phi) is 5.11. The van der Waals surface area contributed by atoms with Gasteiger partial charge in [0.1, 0.15) is 5.75 Å². The van der Waals surface area contributed by atoms with Crippen molar-refractivity contribution >= 4 is 27.3 Å². The Morgan fingerprint density at radius 1 is 1.48 bits per heavy atom. The zero-order valence-electron chi connectivity index (χ0n) is 11.8. The molecular weight excluding hydrogens is 314 g/mol. The van der Waals surface area contributed by atoms with E-state index in [1.165, 1.54) is 0 Å². The molecule has 1 fully saturated rings. The molecule has 1 atom stereocenters. The van der Waals surface area contributed by atoms with E-state index in [9.17, 15) is 13.2 Å². The number of rotatable bonds is 5. The number of ether oxygens (including phenoxy) is 1. The molecule has 0 aliphatic carbocycles. The summed E-state index contributed by atoms with van der Waals surface area (Å²) >= 11 is 5.84. The van der Waals surface area contributed by atoms with E-state index in [0.29, 0.717) is 23.7 Å². The van der Waals surface area contributed by atoms with Gasteiger partial charge in [-0.05, 0) is 43.0 Å². The van der Waals surface area contributed by atoms with Crippen LogP contribution >= 0.6 is 11.6 Å². The van der Waals surface area contributed by atoms with Gasteiger partial charge in [0, 0.05) is 11.6 Å². The molecule has 1 aliphatic rings. The van der Waals surface area contributed by atoms with Gasteiger partial charge in [-0.2, -0.15) is 0 Å². The van der Waals surface area contributed by atoms with E-state index < -0.39 is 9.84 Å². The molecule has 0 unspecified atom stereocenters. The molecule has 116 valence electrons. The largest absolute Gasteiger partial charge is 0.484 e. The van der Waals surface area contributed by atoms with Crippen LogP contribution in [0.3, 0.4) is 0 Å². The van der Waals surface area contributed by atoms with E-state index in [-0.39, 0.29) is 29.9 Å². The van der Waals surface area contributed by atoms with Crippen molar-refractivity contribution in [3.05, 3.63) is 28.8 Å². The predicted molar refractivity (Wildman–Crippen MR) is 81.5 cm³/mol. The maximum atomic E-state index is 11.7. The highest BCUT2D eigenvalue weighted by Gasteiger charge is 2.27. The van der Waals surface area contributed by atoms with Gasteiger partial charge in [0.2, 0.25) is 0 Å². The number of benzene rings is 1. The summed E-state index contributed by atoms with van der Waals surface area (Å²) in [5.41, 5.74) is 0.859. The monoisotopic (exact) mass is 331 g/mol. The van der Waals surface area contributed by atoms with Crippen LogP contribution in [0.1, 0.15) is 12.0 Å². The van der Waals surface area contributed by atoms with E-state index in [2.05, 4.69) is 5.32 Å². The zero-order chi connectivity index (χ0) is 15.5. The first kappa shape index (κ1) is 16.1. The summed E-state index contributed by atoms with van der Waals surface area (Å²) in [4.78, 5) is 11.7. The number of aryl methyl sites for hydroxylation is 1. The van der Waals surface area contributed by atoms with Gasteiger partial charge in [-0.3, -0.25) is 4.79 Å². The van der Waals surface area contributed by atoms with Gasteiger partial charge in [-0.15, -0.1) is 0 Å². The Balaban J connectivity index is 1.75. The quantitative estimate of drug-likeness (QED) is 0.889. The van der Waals surface area contributed by atoms with Crippen molar-refractivity contribution < 1.29 is 17.9 Å². The van der Waals surface area contributed by atoms with E-state index in [1.807, 2.05) is 6.92 Å². The molecule has 1 heterocycles. The van der Waals surface area contributed by atoms with Crippen molar-refractivity contribution in [3.63, 3.8) is 0 Å². The topological polar surface area (TPSA) is 72.5 Å². The van der Waals surface area contributed by atoms with Crippen molar-refractivity contribution in [1.82, 2.24) is 5.32 Å². The maximum Gasteiger partial charge on any atom is 0.257 e. The predicted octanol–water partition coefficient (Wildman–Crippen LogP) is 1.58. The molecule has 1 amide bonds. The molecule has 7 heteroatoms. The van der Waals surface area contributed by atoms with Crippen LogP contribution in [0.25, 0.3) is 0 Å². The molecule has 1 saturated heterocycles. The standard InChI is InChI=1S/C14H18ClNO4S/c1-10-6-12(15)2-3-13(10)20-8-14(17)16-7-11-4-5-21(18,19)9-11/h2-3,6,11H,4-5,7-9H2,1H3,(H,16,17)/t11-/m0/s1. The Bertz CT molecular complexity index is 630. The molecule has 0 aromatic heterocycles. The first-order valence-corrected chi connectivity index (χ1v) is 8.92. The molecule has 21 heavy (non-hydrogen) atoms. The molecule has 1 aromatic rings. The minimum absolute atomic E-state index is 0.0104. The van der Waals surface area contributed by atoms with Crippen LogP contribution in [0.4, 0.5) is 0 Å². The van der Waals surface area contributed by atoms with Gasteiger partial charge in [-0.25, -0.2) is 8.42 Å². The van der Waals surface area contributed by atoms with Crippen LogP contribution in [-0.4, -0.2) is 39.0 Å². The summed E-state index contributed by atoms with van der Waals surface area (Å²) < 4.78 is 28.0. The van der Waals surface area contributed by atoms with Crippen LogP contribution in [0.5, 0.6) is 5.75 Å². The highest BCUT2D eigenvalue weighted by Crippen LogP contribution is 2.21. The number of sulfone groups is 1. The third-order valence-electron chi connectivity index (χ3n) is 3.41. The highest BCUT2D eigenvalue weighted by atomic mass is 35.5. The Morgan fingerprint density at radius 2 is 2.24 bits per heavy atom. The summed E-state index contributed by atoms with van der Waals surface area (Å²) in [7, 11) is -2.90. The van der Waals surface area contributed by atoms with Crippen LogP contribution < -0.4 is 10.1 Å². The molecule has 2 rings (SSSR count). The van der Waals surface area contributed by atoms with Crippen LogP contribution in [0.15, 0.2) is 18.2 Å². The molecular formula is C14H18ClNO4S. The van der Waals surface area contributed by atoms with Gasteiger partial charge in [0.05, 0.1) is 11.5 Å². The second kappa shape index (κ2) is 6.66. The summed E-state index contributed by atoms with van der Waals surface area (Å²) in [6, 6.07) is 5.18. The lowest BCUT2D eigenvalue weighted by molar-refractivity contribution is -0.123. The fraction of sp³-hybridized carbons (Fsp3) is 0.500. The maximum absolute atomic E-state index is 11.7. The number of hydrogen-bond acceptors (Lipinski definition) is 4. The van der Waals surface area contributed by atoms with Crippen LogP contribution in [0, 0.1) is 12.8 Å². The van der Waals surface area contributed by atoms with Crippen molar-refractivity contribution in [3.8, 4) is 5.75 Å². The minimum Gasteiger partial charge on any atom is -0.484 e. The van der Waals surface area contributed by atoms with Gasteiger partial charge in [-0.1, -0.05) is 11.6 Å². The molecule has 1 aromatic carbocycles. The van der Waals surface area contributed by atoms with Crippen LogP contribution in [0.2, 0.25) is 5.02 Å². The number of carbonyl (C=O) groups excluding carboxylic acids is 1. The van der Waals surface area contributed by atoms with E-state index >= 15 is 0 Å². The van der Waals surface area contributed by atoms with Gasteiger partial charge in [0.15, 0.2) is 16.4 Å². The fourth-order valence-corrected chi connectivity index (χ4v) is 4.35. The molecule has 0 spiro atoms. The smallest absolute Gasteiger partial charge is 0.257 e. The van der Waals surface area contributed by atoms with E-state index in [0.717, 1.165) is 5.56 Å². The van der Waals surface area contributed by atoms with E-state index in [1.54, 1.807) is 18.2 Å². The third kappa shape index (κ3) is 4.89. The average molecular weight is 332 g/mol. The molecule has 5 nitrogen and oxygen atoms in total. The SMILES string of the molecule is Cc1cc(Cl)ccc1OCC(=O)NC[C@@H]1CCS(=O)(=O)C1. The molecule has 0 bridgehead atoms. The second-order valence-electron chi connectivity index (χ2n) is 5.27. The highest BCUT2D eigenvalue weighted by molar-refractivity contribution is 7.91. The van der Waals surface area contributed by atoms with Gasteiger partial charge in [0.25, 0.3) is 5.91 Å². The molecule has 1 N–H and O–H groups in total. The molecule has 1 aliphatic heterocycles. The molecule has 0 radical (unpaired) electrons. The summed E-state index contributed by atoms with van der Waals surface area (Å²) in [5, 5.41) is 3.33.